The summed E-state index contributed by atoms with van der Waals surface area (Å²) in [4.78, 5) is 13.7. The van der Waals surface area contributed by atoms with E-state index in [0.717, 1.165) is 51.0 Å². The van der Waals surface area contributed by atoms with Crippen molar-refractivity contribution in [1.82, 2.24) is 4.90 Å². The van der Waals surface area contributed by atoms with Gasteiger partial charge in [0.25, 0.3) is 0 Å². The van der Waals surface area contributed by atoms with Gasteiger partial charge >= 0.3 is 0 Å². The monoisotopic (exact) mass is 323 g/mol. The van der Waals surface area contributed by atoms with Crippen molar-refractivity contribution in [1.29, 1.82) is 0 Å². The van der Waals surface area contributed by atoms with Gasteiger partial charge in [-0.1, -0.05) is 49.4 Å². The van der Waals surface area contributed by atoms with Crippen LogP contribution in [-0.2, 0) is 11.3 Å². The third-order valence-corrected chi connectivity index (χ3v) is 4.84. The molecule has 0 radical (unpaired) electrons. The second kappa shape index (κ2) is 8.22. The Bertz CT molecular complexity index is 663. The van der Waals surface area contributed by atoms with Gasteiger partial charge in [0, 0.05) is 31.4 Å². The highest BCUT2D eigenvalue weighted by Crippen LogP contribution is 2.27. The zero-order chi connectivity index (χ0) is 16.8. The van der Waals surface area contributed by atoms with Crippen LogP contribution in [0.2, 0.25) is 0 Å². The lowest BCUT2D eigenvalue weighted by Gasteiger charge is -2.34. The lowest BCUT2D eigenvalue weighted by Crippen LogP contribution is -2.38. The summed E-state index contributed by atoms with van der Waals surface area (Å²) in [6.45, 7) is 5.78. The van der Waals surface area contributed by atoms with Gasteiger partial charge in [0.15, 0.2) is 0 Å². The van der Waals surface area contributed by atoms with Crippen molar-refractivity contribution in [3.05, 3.63) is 59.7 Å². The highest BCUT2D eigenvalue weighted by atomic mass is 16.5. The minimum atomic E-state index is 0.562. The van der Waals surface area contributed by atoms with Gasteiger partial charge in [0.1, 0.15) is 6.29 Å². The molecule has 0 unspecified atom stereocenters. The molecule has 0 N–H and O–H groups in total. The molecule has 1 saturated heterocycles. The van der Waals surface area contributed by atoms with Gasteiger partial charge in [0.05, 0.1) is 0 Å². The summed E-state index contributed by atoms with van der Waals surface area (Å²) in [5, 5.41) is 0. The quantitative estimate of drug-likeness (QED) is 0.747. The van der Waals surface area contributed by atoms with Crippen molar-refractivity contribution >= 4 is 6.29 Å². The minimum Gasteiger partial charge on any atom is -0.381 e. The van der Waals surface area contributed by atoms with Gasteiger partial charge in [0.2, 0.25) is 0 Å². The molecule has 0 aliphatic carbocycles. The summed E-state index contributed by atoms with van der Waals surface area (Å²) in [5.74, 6) is 0. The highest BCUT2D eigenvalue weighted by Gasteiger charge is 2.21. The number of hydrogen-bond donors (Lipinski definition) is 0. The van der Waals surface area contributed by atoms with Crippen LogP contribution in [0.3, 0.4) is 0 Å². The normalized spacial score (nSPS) is 15.6. The molecule has 126 valence electrons. The van der Waals surface area contributed by atoms with Crippen molar-refractivity contribution in [2.75, 3.05) is 19.8 Å². The Balaban J connectivity index is 1.90. The number of benzene rings is 2. The molecular formula is C21H25NO2. The first kappa shape index (κ1) is 16.9. The van der Waals surface area contributed by atoms with E-state index in [1.165, 1.54) is 16.7 Å². The fourth-order valence-electron chi connectivity index (χ4n) is 3.49. The van der Waals surface area contributed by atoms with Gasteiger partial charge in [-0.3, -0.25) is 9.69 Å². The number of ether oxygens (including phenoxy) is 1. The Hall–Kier alpha value is -1.97. The van der Waals surface area contributed by atoms with Gasteiger partial charge in [-0.25, -0.2) is 0 Å². The summed E-state index contributed by atoms with van der Waals surface area (Å²) >= 11 is 0. The van der Waals surface area contributed by atoms with Crippen LogP contribution < -0.4 is 0 Å². The van der Waals surface area contributed by atoms with Crippen molar-refractivity contribution in [3.63, 3.8) is 0 Å². The number of hydrogen-bond acceptors (Lipinski definition) is 3. The average molecular weight is 323 g/mol. The second-order valence-electron chi connectivity index (χ2n) is 6.31. The van der Waals surface area contributed by atoms with Crippen LogP contribution in [0.15, 0.2) is 48.5 Å². The lowest BCUT2D eigenvalue weighted by atomic mass is 9.96. The standard InChI is InChI=1S/C21H25NO2/c1-2-22(20-10-12-24-13-11-20)15-19-14-17(16-23)8-9-21(19)18-6-4-3-5-7-18/h3-9,14,16,20H,2,10-13,15H2,1H3. The van der Waals surface area contributed by atoms with E-state index >= 15 is 0 Å². The molecule has 3 heteroatoms. The molecule has 1 aliphatic rings. The Morgan fingerprint density at radius 2 is 1.88 bits per heavy atom. The first-order valence-corrected chi connectivity index (χ1v) is 8.77. The second-order valence-corrected chi connectivity index (χ2v) is 6.31. The van der Waals surface area contributed by atoms with Crippen LogP contribution in [0.25, 0.3) is 11.1 Å². The van der Waals surface area contributed by atoms with Gasteiger partial charge in [-0.2, -0.15) is 0 Å². The summed E-state index contributed by atoms with van der Waals surface area (Å²) in [6, 6.07) is 17.0. The van der Waals surface area contributed by atoms with E-state index in [-0.39, 0.29) is 0 Å². The summed E-state index contributed by atoms with van der Waals surface area (Å²) in [7, 11) is 0. The maximum absolute atomic E-state index is 11.2. The maximum atomic E-state index is 11.2. The molecule has 0 atom stereocenters. The largest absolute Gasteiger partial charge is 0.381 e. The van der Waals surface area contributed by atoms with E-state index in [1.807, 2.05) is 18.2 Å². The molecule has 2 aromatic carbocycles. The number of rotatable bonds is 6. The molecule has 24 heavy (non-hydrogen) atoms. The van der Waals surface area contributed by atoms with Crippen LogP contribution in [-0.4, -0.2) is 37.0 Å². The zero-order valence-electron chi connectivity index (χ0n) is 14.3. The molecule has 3 nitrogen and oxygen atoms in total. The van der Waals surface area contributed by atoms with Gasteiger partial charge in [-0.15, -0.1) is 0 Å². The number of nitrogens with zero attached hydrogens (tertiary/aromatic N) is 1. The third kappa shape index (κ3) is 3.92. The maximum Gasteiger partial charge on any atom is 0.150 e. The summed E-state index contributed by atoms with van der Waals surface area (Å²) < 4.78 is 5.50. The van der Waals surface area contributed by atoms with E-state index in [2.05, 4.69) is 42.2 Å². The molecule has 1 heterocycles. The van der Waals surface area contributed by atoms with Crippen LogP contribution >= 0.6 is 0 Å². The lowest BCUT2D eigenvalue weighted by molar-refractivity contribution is 0.0330. The zero-order valence-corrected chi connectivity index (χ0v) is 14.3. The summed E-state index contributed by atoms with van der Waals surface area (Å²) in [5.41, 5.74) is 4.38. The van der Waals surface area contributed by atoms with Crippen LogP contribution in [0.4, 0.5) is 0 Å². The van der Waals surface area contributed by atoms with E-state index in [9.17, 15) is 4.79 Å². The van der Waals surface area contributed by atoms with E-state index in [0.29, 0.717) is 6.04 Å². The number of aldehydes is 1. The van der Waals surface area contributed by atoms with Crippen molar-refractivity contribution in [2.24, 2.45) is 0 Å². The fourth-order valence-corrected chi connectivity index (χ4v) is 3.49. The Kier molecular flexibility index (Phi) is 5.78. The molecule has 0 aromatic heterocycles. The van der Waals surface area contributed by atoms with E-state index < -0.39 is 0 Å². The molecule has 0 saturated carbocycles. The van der Waals surface area contributed by atoms with E-state index in [4.69, 9.17) is 4.74 Å². The minimum absolute atomic E-state index is 0.562. The predicted molar refractivity (Wildman–Crippen MR) is 97.2 cm³/mol. The average Bonchev–Trinajstić information content (AvgIpc) is 2.67. The molecule has 1 fully saturated rings. The van der Waals surface area contributed by atoms with Crippen molar-refractivity contribution < 1.29 is 9.53 Å². The Morgan fingerprint density at radius 3 is 2.54 bits per heavy atom. The molecule has 0 bridgehead atoms. The third-order valence-electron chi connectivity index (χ3n) is 4.84. The van der Waals surface area contributed by atoms with Crippen LogP contribution in [0, 0.1) is 0 Å². The highest BCUT2D eigenvalue weighted by molar-refractivity contribution is 5.78. The first-order valence-electron chi connectivity index (χ1n) is 8.77. The Morgan fingerprint density at radius 1 is 1.12 bits per heavy atom. The molecule has 0 spiro atoms. The van der Waals surface area contributed by atoms with Crippen LogP contribution in [0.1, 0.15) is 35.7 Å². The number of carbonyl (C=O) groups is 1. The first-order chi connectivity index (χ1) is 11.8. The van der Waals surface area contributed by atoms with Crippen LogP contribution in [0.5, 0.6) is 0 Å². The summed E-state index contributed by atoms with van der Waals surface area (Å²) in [6.07, 6.45) is 3.10. The van der Waals surface area contributed by atoms with Crippen molar-refractivity contribution in [3.8, 4) is 11.1 Å². The van der Waals surface area contributed by atoms with Crippen molar-refractivity contribution in [2.45, 2.75) is 32.4 Å². The smallest absolute Gasteiger partial charge is 0.150 e. The van der Waals surface area contributed by atoms with Gasteiger partial charge < -0.3 is 4.74 Å². The SMILES string of the molecule is CCN(Cc1cc(C=O)ccc1-c1ccccc1)C1CCOCC1. The Labute approximate surface area is 144 Å². The molecule has 1 aliphatic heterocycles. The fraction of sp³-hybridized carbons (Fsp3) is 0.381. The topological polar surface area (TPSA) is 29.5 Å². The molecule has 3 rings (SSSR count). The molecule has 2 aromatic rings. The van der Waals surface area contributed by atoms with Gasteiger partial charge in [-0.05, 0) is 42.1 Å². The molecule has 0 amide bonds. The number of carbonyl (C=O) groups excluding carboxylic acids is 1. The van der Waals surface area contributed by atoms with E-state index in [1.54, 1.807) is 0 Å². The predicted octanol–water partition coefficient (Wildman–Crippen LogP) is 4.17. The molecular weight excluding hydrogens is 298 g/mol.